The second-order valence-corrected chi connectivity index (χ2v) is 8.45. The SMILES string of the molecule is CCCCSc1ncc(CN2CCC[C@H]2c2ccc(C(N)=O)s2)cn1. The van der Waals surface area contributed by atoms with Crippen molar-refractivity contribution in [2.75, 3.05) is 12.3 Å². The third-order valence-corrected chi connectivity index (χ3v) is 6.52. The molecule has 134 valence electrons. The molecule has 2 aromatic rings. The molecular formula is C18H24N4OS2. The number of unbranched alkanes of at least 4 members (excludes halogenated alkanes) is 1. The van der Waals surface area contributed by atoms with Crippen molar-refractivity contribution in [1.82, 2.24) is 14.9 Å². The van der Waals surface area contributed by atoms with E-state index in [1.54, 1.807) is 11.8 Å². The average molecular weight is 377 g/mol. The number of likely N-dealkylation sites (tertiary alicyclic amines) is 1. The molecule has 0 aromatic carbocycles. The largest absolute Gasteiger partial charge is 0.365 e. The monoisotopic (exact) mass is 376 g/mol. The molecule has 1 fully saturated rings. The molecule has 0 aliphatic carbocycles. The molecule has 7 heteroatoms. The molecule has 1 atom stereocenters. The van der Waals surface area contributed by atoms with Gasteiger partial charge in [0.2, 0.25) is 0 Å². The summed E-state index contributed by atoms with van der Waals surface area (Å²) in [7, 11) is 0. The molecule has 0 spiro atoms. The van der Waals surface area contributed by atoms with E-state index in [0.29, 0.717) is 10.9 Å². The van der Waals surface area contributed by atoms with Crippen molar-refractivity contribution in [3.05, 3.63) is 39.8 Å². The van der Waals surface area contributed by atoms with Gasteiger partial charge in [0.25, 0.3) is 5.91 Å². The maximum absolute atomic E-state index is 11.3. The summed E-state index contributed by atoms with van der Waals surface area (Å²) in [5.74, 6) is 0.732. The van der Waals surface area contributed by atoms with Crippen molar-refractivity contribution in [2.45, 2.75) is 50.4 Å². The van der Waals surface area contributed by atoms with Crippen LogP contribution in [0.3, 0.4) is 0 Å². The number of carbonyl (C=O) groups excluding carboxylic acids is 1. The van der Waals surface area contributed by atoms with Gasteiger partial charge in [-0.2, -0.15) is 0 Å². The number of rotatable bonds is 8. The van der Waals surface area contributed by atoms with Crippen LogP contribution in [0.5, 0.6) is 0 Å². The van der Waals surface area contributed by atoms with Crippen LogP contribution < -0.4 is 5.73 Å². The fourth-order valence-electron chi connectivity index (χ4n) is 3.04. The van der Waals surface area contributed by atoms with Crippen LogP contribution in [0.15, 0.2) is 29.7 Å². The summed E-state index contributed by atoms with van der Waals surface area (Å²) in [4.78, 5) is 24.6. The Morgan fingerprint density at radius 2 is 2.20 bits per heavy atom. The van der Waals surface area contributed by atoms with Gasteiger partial charge < -0.3 is 5.73 Å². The summed E-state index contributed by atoms with van der Waals surface area (Å²) in [6.45, 7) is 4.09. The summed E-state index contributed by atoms with van der Waals surface area (Å²) in [5.41, 5.74) is 6.52. The number of hydrogen-bond donors (Lipinski definition) is 1. The maximum atomic E-state index is 11.3. The maximum Gasteiger partial charge on any atom is 0.258 e. The highest BCUT2D eigenvalue weighted by molar-refractivity contribution is 7.99. The van der Waals surface area contributed by atoms with Gasteiger partial charge >= 0.3 is 0 Å². The summed E-state index contributed by atoms with van der Waals surface area (Å²) in [6.07, 6.45) is 8.56. The molecule has 1 saturated heterocycles. The molecular weight excluding hydrogens is 352 g/mol. The standard InChI is InChI=1S/C18H24N4OS2/c1-2-3-9-24-18-20-10-13(11-21-18)12-22-8-4-5-14(22)15-6-7-16(25-15)17(19)23/h6-7,10-11,14H,2-5,8-9,12H2,1H3,(H2,19,23)/t14-/m0/s1. The lowest BCUT2D eigenvalue weighted by Crippen LogP contribution is -2.22. The molecule has 3 heterocycles. The Balaban J connectivity index is 1.62. The van der Waals surface area contributed by atoms with E-state index >= 15 is 0 Å². The van der Waals surface area contributed by atoms with Crippen molar-refractivity contribution in [3.63, 3.8) is 0 Å². The highest BCUT2D eigenvalue weighted by atomic mass is 32.2. The van der Waals surface area contributed by atoms with Gasteiger partial charge in [0.15, 0.2) is 5.16 Å². The zero-order valence-corrected chi connectivity index (χ0v) is 16.1. The van der Waals surface area contributed by atoms with Gasteiger partial charge in [-0.25, -0.2) is 9.97 Å². The van der Waals surface area contributed by atoms with Gasteiger partial charge in [0.1, 0.15) is 0 Å². The van der Waals surface area contributed by atoms with Gasteiger partial charge in [-0.3, -0.25) is 9.69 Å². The van der Waals surface area contributed by atoms with Crippen LogP contribution in [0.2, 0.25) is 0 Å². The fraction of sp³-hybridized carbons (Fsp3) is 0.500. The van der Waals surface area contributed by atoms with E-state index in [1.165, 1.54) is 35.5 Å². The van der Waals surface area contributed by atoms with Crippen LogP contribution >= 0.6 is 23.1 Å². The number of nitrogens with two attached hydrogens (primary N) is 1. The van der Waals surface area contributed by atoms with Gasteiger partial charge in [-0.15, -0.1) is 11.3 Å². The fourth-order valence-corrected chi connectivity index (χ4v) is 4.94. The molecule has 0 unspecified atom stereocenters. The van der Waals surface area contributed by atoms with Crippen molar-refractivity contribution in [2.24, 2.45) is 5.73 Å². The Kier molecular flexibility index (Phi) is 6.45. The zero-order chi connectivity index (χ0) is 17.6. The van der Waals surface area contributed by atoms with E-state index in [0.717, 1.165) is 36.0 Å². The third-order valence-electron chi connectivity index (χ3n) is 4.36. The minimum atomic E-state index is -0.342. The van der Waals surface area contributed by atoms with E-state index < -0.39 is 0 Å². The van der Waals surface area contributed by atoms with E-state index in [4.69, 9.17) is 5.73 Å². The number of thioether (sulfide) groups is 1. The van der Waals surface area contributed by atoms with Gasteiger partial charge in [-0.1, -0.05) is 25.1 Å². The minimum absolute atomic E-state index is 0.342. The second-order valence-electron chi connectivity index (χ2n) is 6.27. The first kappa shape index (κ1) is 18.4. The highest BCUT2D eigenvalue weighted by Crippen LogP contribution is 2.36. The van der Waals surface area contributed by atoms with Crippen LogP contribution in [0.1, 0.15) is 58.8 Å². The third kappa shape index (κ3) is 4.80. The number of carbonyl (C=O) groups is 1. The molecule has 0 radical (unpaired) electrons. The lowest BCUT2D eigenvalue weighted by molar-refractivity contribution is 0.100. The lowest BCUT2D eigenvalue weighted by Gasteiger charge is -2.23. The molecule has 2 aromatic heterocycles. The average Bonchev–Trinajstić information content (AvgIpc) is 3.25. The molecule has 0 saturated carbocycles. The Morgan fingerprint density at radius 3 is 2.88 bits per heavy atom. The Hall–Kier alpha value is -1.44. The number of aromatic nitrogens is 2. The molecule has 5 nitrogen and oxygen atoms in total. The zero-order valence-electron chi connectivity index (χ0n) is 14.5. The van der Waals surface area contributed by atoms with Crippen molar-refractivity contribution in [1.29, 1.82) is 0 Å². The topological polar surface area (TPSA) is 72.1 Å². The number of thiophene rings is 1. The first-order valence-electron chi connectivity index (χ1n) is 8.74. The predicted octanol–water partition coefficient (Wildman–Crippen LogP) is 3.87. The Labute approximate surface area is 157 Å². The van der Waals surface area contributed by atoms with Crippen LogP contribution in [0.4, 0.5) is 0 Å². The number of primary amides is 1. The van der Waals surface area contributed by atoms with Crippen LogP contribution in [0.25, 0.3) is 0 Å². The summed E-state index contributed by atoms with van der Waals surface area (Å²) < 4.78 is 0. The van der Waals surface area contributed by atoms with E-state index in [9.17, 15) is 4.79 Å². The summed E-state index contributed by atoms with van der Waals surface area (Å²) >= 11 is 3.24. The van der Waals surface area contributed by atoms with Crippen molar-refractivity contribution in [3.8, 4) is 0 Å². The van der Waals surface area contributed by atoms with Crippen LogP contribution in [0, 0.1) is 0 Å². The second kappa shape index (κ2) is 8.78. The normalized spacial score (nSPS) is 17.9. The first-order valence-corrected chi connectivity index (χ1v) is 10.5. The van der Waals surface area contributed by atoms with Crippen LogP contribution in [-0.4, -0.2) is 33.1 Å². The molecule has 1 aliphatic rings. The summed E-state index contributed by atoms with van der Waals surface area (Å²) in [5, 5.41) is 0.861. The highest BCUT2D eigenvalue weighted by Gasteiger charge is 2.27. The molecule has 3 rings (SSSR count). The predicted molar refractivity (Wildman–Crippen MR) is 103 cm³/mol. The van der Waals surface area contributed by atoms with Gasteiger partial charge in [-0.05, 0) is 37.9 Å². The quantitative estimate of drug-likeness (QED) is 0.430. The van der Waals surface area contributed by atoms with E-state index in [1.807, 2.05) is 24.5 Å². The Bertz CT molecular complexity index is 701. The number of hydrogen-bond acceptors (Lipinski definition) is 6. The van der Waals surface area contributed by atoms with Crippen molar-refractivity contribution < 1.29 is 4.79 Å². The minimum Gasteiger partial charge on any atom is -0.365 e. The van der Waals surface area contributed by atoms with Gasteiger partial charge in [0, 0.05) is 41.2 Å². The van der Waals surface area contributed by atoms with Crippen molar-refractivity contribution >= 4 is 29.0 Å². The number of nitrogens with zero attached hydrogens (tertiary/aromatic N) is 3. The molecule has 1 aliphatic heterocycles. The Morgan fingerprint density at radius 1 is 1.40 bits per heavy atom. The molecule has 25 heavy (non-hydrogen) atoms. The lowest BCUT2D eigenvalue weighted by atomic mass is 10.2. The van der Waals surface area contributed by atoms with E-state index in [2.05, 4.69) is 21.8 Å². The van der Waals surface area contributed by atoms with Gasteiger partial charge in [0.05, 0.1) is 4.88 Å². The molecule has 0 bridgehead atoms. The molecule has 1 amide bonds. The smallest absolute Gasteiger partial charge is 0.258 e. The number of amides is 1. The van der Waals surface area contributed by atoms with E-state index in [-0.39, 0.29) is 5.91 Å². The van der Waals surface area contributed by atoms with Crippen LogP contribution in [-0.2, 0) is 6.54 Å². The first-order chi connectivity index (χ1) is 12.2. The summed E-state index contributed by atoms with van der Waals surface area (Å²) in [6, 6.07) is 4.24. The molecule has 2 N–H and O–H groups in total.